The van der Waals surface area contributed by atoms with Crippen molar-refractivity contribution < 1.29 is 36.7 Å². The molecule has 0 aliphatic carbocycles. The van der Waals surface area contributed by atoms with Crippen LogP contribution >= 0.6 is 30.8 Å². The third kappa shape index (κ3) is 7.99. The van der Waals surface area contributed by atoms with Gasteiger partial charge in [0.1, 0.15) is 17.8 Å². The number of hydrogen-bond acceptors (Lipinski definition) is 8. The molecule has 0 N–H and O–H groups in total. The molecule has 0 saturated carbocycles. The maximum Gasteiger partial charge on any atom is 0.450 e. The van der Waals surface area contributed by atoms with Crippen LogP contribution in [0.2, 0.25) is 10.0 Å². The van der Waals surface area contributed by atoms with Gasteiger partial charge in [0.2, 0.25) is 9.84 Å². The van der Waals surface area contributed by atoms with Crippen LogP contribution in [0.25, 0.3) is 0 Å². The van der Waals surface area contributed by atoms with Crippen LogP contribution in [0.5, 0.6) is 11.5 Å². The van der Waals surface area contributed by atoms with E-state index in [-0.39, 0.29) is 21.5 Å². The number of nitrogens with zero attached hydrogens (tertiary/aromatic N) is 1. The molecule has 36 heavy (non-hydrogen) atoms. The Kier molecular flexibility index (Phi) is 9.03. The molecule has 13 heteroatoms. The van der Waals surface area contributed by atoms with Crippen LogP contribution in [-0.4, -0.2) is 37.4 Å². The van der Waals surface area contributed by atoms with Crippen molar-refractivity contribution in [3.05, 3.63) is 94.5 Å². The first-order valence-corrected chi connectivity index (χ1v) is 14.3. The molecular weight excluding hydrogens is 552 g/mol. The van der Waals surface area contributed by atoms with Crippen molar-refractivity contribution in [1.82, 2.24) is 4.90 Å². The van der Waals surface area contributed by atoms with E-state index >= 15 is 0 Å². The zero-order chi connectivity index (χ0) is 26.3. The number of carboxylic acids is 1. The summed E-state index contributed by atoms with van der Waals surface area (Å²) in [7, 11) is -9.06. The van der Waals surface area contributed by atoms with E-state index in [0.717, 1.165) is 0 Å². The van der Waals surface area contributed by atoms with Crippen molar-refractivity contribution in [1.29, 1.82) is 0 Å². The van der Waals surface area contributed by atoms with E-state index in [1.165, 1.54) is 60.7 Å². The molecule has 0 unspecified atom stereocenters. The predicted molar refractivity (Wildman–Crippen MR) is 133 cm³/mol. The first kappa shape index (κ1) is 27.5. The van der Waals surface area contributed by atoms with Crippen molar-refractivity contribution in [2.45, 2.75) is 5.75 Å². The first-order chi connectivity index (χ1) is 17.0. The minimum atomic E-state index is -4.57. The number of aliphatic carboxylic acids is 1. The van der Waals surface area contributed by atoms with Crippen LogP contribution in [0.3, 0.4) is 0 Å². The third-order valence-electron chi connectivity index (χ3n) is 4.47. The summed E-state index contributed by atoms with van der Waals surface area (Å²) in [5.41, 5.74) is 0.299. The number of amides is 1. The Morgan fingerprint density at radius 3 is 1.86 bits per heavy atom. The van der Waals surface area contributed by atoms with Crippen molar-refractivity contribution in [2.24, 2.45) is 0 Å². The second-order valence-corrected chi connectivity index (χ2v) is 12.0. The van der Waals surface area contributed by atoms with E-state index in [1.54, 1.807) is 18.2 Å². The molecule has 0 spiro atoms. The molecule has 0 fully saturated rings. The highest BCUT2D eigenvalue weighted by Gasteiger charge is 2.38. The molecule has 3 rings (SSSR count). The largest absolute Gasteiger partial charge is 0.548 e. The molecule has 0 heterocycles. The minimum Gasteiger partial charge on any atom is -0.548 e. The molecular formula is C23H19Cl2NO8PS-. The van der Waals surface area contributed by atoms with Gasteiger partial charge < -0.3 is 23.8 Å². The summed E-state index contributed by atoms with van der Waals surface area (Å²) >= 11 is 11.9. The molecule has 0 radical (unpaired) electrons. The molecule has 3 aromatic rings. The molecule has 9 nitrogen and oxygen atoms in total. The van der Waals surface area contributed by atoms with Gasteiger partial charge in [-0.15, -0.1) is 0 Å². The van der Waals surface area contributed by atoms with Crippen LogP contribution in [-0.2, 0) is 24.9 Å². The van der Waals surface area contributed by atoms with E-state index in [0.29, 0.717) is 10.5 Å². The fraction of sp³-hybridized carbons (Fsp3) is 0.130. The van der Waals surface area contributed by atoms with E-state index in [9.17, 15) is 27.7 Å². The summed E-state index contributed by atoms with van der Waals surface area (Å²) in [6.45, 7) is -1.19. The summed E-state index contributed by atoms with van der Waals surface area (Å²) in [6.07, 6.45) is -1.03. The standard InChI is InChI=1S/C23H20Cl2NO8PS/c24-18-8-4-10-20(12-18)33-35(30,34-21-11-5-9-19(25)13-21)16-26(14-22(27)28)23(29)36(31,32)15-17-6-2-1-3-7-17/h1-13H,14-16H2,(H,27,28)/p-1. The number of carboxylic acid groups (broad SMARTS) is 1. The highest BCUT2D eigenvalue weighted by Crippen LogP contribution is 2.49. The minimum absolute atomic E-state index is 0.0270. The normalized spacial score (nSPS) is 11.5. The Bertz CT molecular complexity index is 1350. The van der Waals surface area contributed by atoms with Gasteiger partial charge in [0, 0.05) is 10.0 Å². The Labute approximate surface area is 217 Å². The summed E-state index contributed by atoms with van der Waals surface area (Å²) in [4.78, 5) is 24.7. The van der Waals surface area contributed by atoms with E-state index in [1.807, 2.05) is 0 Å². The second kappa shape index (κ2) is 11.8. The number of benzene rings is 3. The van der Waals surface area contributed by atoms with Gasteiger partial charge in [-0.25, -0.2) is 13.0 Å². The molecule has 0 aliphatic heterocycles. The topological polar surface area (TPSA) is 130 Å². The first-order valence-electron chi connectivity index (χ1n) is 10.2. The lowest BCUT2D eigenvalue weighted by Gasteiger charge is -2.27. The van der Waals surface area contributed by atoms with Gasteiger partial charge in [-0.05, 0) is 42.0 Å². The second-order valence-electron chi connectivity index (χ2n) is 7.43. The highest BCUT2D eigenvalue weighted by atomic mass is 35.5. The van der Waals surface area contributed by atoms with Crippen molar-refractivity contribution in [3.63, 3.8) is 0 Å². The number of halogens is 2. The molecule has 0 aliphatic rings. The summed E-state index contributed by atoms with van der Waals surface area (Å²) < 4.78 is 50.5. The van der Waals surface area contributed by atoms with E-state index < -0.39 is 47.2 Å². The van der Waals surface area contributed by atoms with Gasteiger partial charge in [0.15, 0.2) is 0 Å². The van der Waals surface area contributed by atoms with Gasteiger partial charge in [-0.2, -0.15) is 0 Å². The van der Waals surface area contributed by atoms with Gasteiger partial charge in [0.05, 0.1) is 18.3 Å². The van der Waals surface area contributed by atoms with Gasteiger partial charge in [-0.3, -0.25) is 4.79 Å². The Morgan fingerprint density at radius 2 is 1.39 bits per heavy atom. The van der Waals surface area contributed by atoms with Crippen LogP contribution in [0.1, 0.15) is 5.56 Å². The summed E-state index contributed by atoms with van der Waals surface area (Å²) in [6, 6.07) is 19.3. The maximum absolute atomic E-state index is 13.8. The lowest BCUT2D eigenvalue weighted by atomic mass is 10.2. The smallest absolute Gasteiger partial charge is 0.450 e. The number of sulfone groups is 1. The number of hydrogen-bond donors (Lipinski definition) is 0. The van der Waals surface area contributed by atoms with Gasteiger partial charge in [-0.1, -0.05) is 65.7 Å². The monoisotopic (exact) mass is 570 g/mol. The molecule has 0 saturated heterocycles. The van der Waals surface area contributed by atoms with Gasteiger partial charge in [0.25, 0.3) is 0 Å². The average Bonchev–Trinajstić information content (AvgIpc) is 2.78. The molecule has 0 atom stereocenters. The summed E-state index contributed by atoms with van der Waals surface area (Å²) in [5.74, 6) is -2.54. The highest BCUT2D eigenvalue weighted by molar-refractivity contribution is 8.05. The number of carbonyl (C=O) groups is 2. The number of carbonyl (C=O) groups excluding carboxylic acids is 2. The van der Waals surface area contributed by atoms with Crippen molar-refractivity contribution in [2.75, 3.05) is 12.8 Å². The lowest BCUT2D eigenvalue weighted by Crippen LogP contribution is -2.44. The fourth-order valence-corrected chi connectivity index (χ4v) is 6.44. The maximum atomic E-state index is 13.8. The van der Waals surface area contributed by atoms with Crippen LogP contribution in [0.4, 0.5) is 4.79 Å². The summed E-state index contributed by atoms with van der Waals surface area (Å²) in [5, 5.41) is 10.3. The predicted octanol–water partition coefficient (Wildman–Crippen LogP) is 4.39. The van der Waals surface area contributed by atoms with Crippen LogP contribution in [0, 0.1) is 0 Å². The van der Waals surface area contributed by atoms with E-state index in [4.69, 9.17) is 32.2 Å². The molecule has 0 aromatic heterocycles. The van der Waals surface area contributed by atoms with E-state index in [2.05, 4.69) is 0 Å². The molecule has 1 amide bonds. The Balaban J connectivity index is 1.96. The lowest BCUT2D eigenvalue weighted by molar-refractivity contribution is -0.305. The van der Waals surface area contributed by atoms with Crippen LogP contribution < -0.4 is 14.2 Å². The van der Waals surface area contributed by atoms with Crippen molar-refractivity contribution >= 4 is 51.8 Å². The molecule has 190 valence electrons. The fourth-order valence-electron chi connectivity index (χ4n) is 3.03. The Hall–Kier alpha value is -3.04. The average molecular weight is 571 g/mol. The zero-order valence-corrected chi connectivity index (χ0v) is 21.7. The third-order valence-corrected chi connectivity index (χ3v) is 8.11. The Morgan fingerprint density at radius 1 is 0.861 bits per heavy atom. The molecule has 3 aromatic carbocycles. The quantitative estimate of drug-likeness (QED) is 0.328. The van der Waals surface area contributed by atoms with Crippen LogP contribution in [0.15, 0.2) is 78.9 Å². The van der Waals surface area contributed by atoms with Gasteiger partial charge >= 0.3 is 12.8 Å². The molecule has 0 bridgehead atoms. The van der Waals surface area contributed by atoms with Crippen molar-refractivity contribution in [3.8, 4) is 11.5 Å². The number of rotatable bonds is 10. The zero-order valence-electron chi connectivity index (χ0n) is 18.5. The SMILES string of the molecule is O=C([O-])CN(CP(=O)(Oc1cccc(Cl)c1)Oc1cccc(Cl)c1)C(=O)S(=O)(=O)Cc1ccccc1.